The van der Waals surface area contributed by atoms with Crippen molar-refractivity contribution in [1.82, 2.24) is 5.32 Å². The number of quaternary nitrogens is 1. The molecule has 22 heavy (non-hydrogen) atoms. The van der Waals surface area contributed by atoms with Crippen LogP contribution in [0.3, 0.4) is 0 Å². The van der Waals surface area contributed by atoms with E-state index in [-0.39, 0.29) is 36.0 Å². The second-order valence-corrected chi connectivity index (χ2v) is 7.52. The van der Waals surface area contributed by atoms with E-state index in [1.54, 1.807) is 0 Å². The molecule has 0 radical (unpaired) electrons. The van der Waals surface area contributed by atoms with Gasteiger partial charge in [0.25, 0.3) is 0 Å². The summed E-state index contributed by atoms with van der Waals surface area (Å²) in [5.41, 5.74) is 0. The third kappa shape index (κ3) is 4.15. The number of hydrogen-bond acceptors (Lipinski definition) is 3. The van der Waals surface area contributed by atoms with Crippen LogP contribution >= 0.6 is 0 Å². The molecular formula is C17H31IN2O2. The van der Waals surface area contributed by atoms with Gasteiger partial charge in [-0.2, -0.15) is 0 Å². The van der Waals surface area contributed by atoms with Gasteiger partial charge in [0.2, 0.25) is 0 Å². The molecular weight excluding hydrogens is 391 g/mol. The Morgan fingerprint density at radius 2 is 1.86 bits per heavy atom. The lowest BCUT2D eigenvalue weighted by Gasteiger charge is -2.51. The highest BCUT2D eigenvalue weighted by atomic mass is 127. The molecule has 0 aromatic heterocycles. The summed E-state index contributed by atoms with van der Waals surface area (Å²) < 4.78 is 6.93. The van der Waals surface area contributed by atoms with Gasteiger partial charge in [0.05, 0.1) is 32.8 Å². The van der Waals surface area contributed by atoms with Crippen LogP contribution in [0.4, 0.5) is 0 Å². The van der Waals surface area contributed by atoms with Crippen molar-refractivity contribution >= 4 is 5.97 Å². The molecule has 4 unspecified atom stereocenters. The van der Waals surface area contributed by atoms with Gasteiger partial charge in [0, 0.05) is 12.3 Å². The smallest absolute Gasteiger partial charge is 0.323 e. The van der Waals surface area contributed by atoms with Gasteiger partial charge in [0.1, 0.15) is 6.04 Å². The summed E-state index contributed by atoms with van der Waals surface area (Å²) in [7, 11) is 2.42. The van der Waals surface area contributed by atoms with E-state index >= 15 is 0 Å². The number of hydrogen-bond donors (Lipinski definition) is 1. The Balaban J connectivity index is 0.00000176. The molecule has 0 amide bonds. The van der Waals surface area contributed by atoms with Crippen molar-refractivity contribution in [2.24, 2.45) is 5.92 Å². The molecule has 3 heterocycles. The Hall–Kier alpha value is 0.120. The SMILES string of the molecule is C[N+]12CCCCC1C(COC(=O)C1CCCCN1)CCC2.[I-]. The van der Waals surface area contributed by atoms with Gasteiger partial charge in [-0.15, -0.1) is 0 Å². The lowest BCUT2D eigenvalue weighted by molar-refractivity contribution is -0.947. The van der Waals surface area contributed by atoms with Crippen molar-refractivity contribution < 1.29 is 38.0 Å². The second kappa shape index (κ2) is 8.29. The van der Waals surface area contributed by atoms with Gasteiger partial charge in [-0.05, 0) is 45.1 Å². The summed E-state index contributed by atoms with van der Waals surface area (Å²) in [5, 5.41) is 3.29. The molecule has 3 aliphatic rings. The number of esters is 1. The number of rotatable bonds is 3. The van der Waals surface area contributed by atoms with Crippen molar-refractivity contribution in [1.29, 1.82) is 0 Å². The van der Waals surface area contributed by atoms with Crippen LogP contribution in [0.1, 0.15) is 51.4 Å². The lowest BCUT2D eigenvalue weighted by atomic mass is 9.82. The fourth-order valence-corrected chi connectivity index (χ4v) is 4.77. The highest BCUT2D eigenvalue weighted by Crippen LogP contribution is 2.36. The minimum Gasteiger partial charge on any atom is -1.00 e. The molecule has 0 bridgehead atoms. The number of halogens is 1. The summed E-state index contributed by atoms with van der Waals surface area (Å²) >= 11 is 0. The van der Waals surface area contributed by atoms with Crippen LogP contribution < -0.4 is 29.3 Å². The average Bonchev–Trinajstić information content (AvgIpc) is 2.52. The van der Waals surface area contributed by atoms with Crippen LogP contribution in [0, 0.1) is 5.92 Å². The van der Waals surface area contributed by atoms with E-state index in [1.165, 1.54) is 56.1 Å². The van der Waals surface area contributed by atoms with Crippen LogP contribution in [0.25, 0.3) is 0 Å². The molecule has 3 rings (SSSR count). The summed E-state index contributed by atoms with van der Waals surface area (Å²) in [6.45, 7) is 4.24. The van der Waals surface area contributed by atoms with Crippen molar-refractivity contribution in [2.75, 3.05) is 33.3 Å². The van der Waals surface area contributed by atoms with E-state index < -0.39 is 0 Å². The molecule has 5 heteroatoms. The minimum absolute atomic E-state index is 0. The zero-order valence-corrected chi connectivity index (χ0v) is 16.0. The quantitative estimate of drug-likeness (QED) is 0.364. The highest BCUT2D eigenvalue weighted by molar-refractivity contribution is 5.75. The first-order valence-electron chi connectivity index (χ1n) is 8.93. The van der Waals surface area contributed by atoms with Gasteiger partial charge >= 0.3 is 5.97 Å². The Morgan fingerprint density at radius 3 is 2.64 bits per heavy atom. The number of fused-ring (bicyclic) bond motifs is 1. The zero-order chi connectivity index (χ0) is 14.7. The van der Waals surface area contributed by atoms with E-state index in [1.807, 2.05) is 0 Å². The number of piperidine rings is 3. The van der Waals surface area contributed by atoms with Gasteiger partial charge in [0.15, 0.2) is 0 Å². The molecule has 3 aliphatic heterocycles. The maximum atomic E-state index is 12.2. The molecule has 1 N–H and O–H groups in total. The Bertz CT molecular complexity index is 370. The van der Waals surface area contributed by atoms with Crippen LogP contribution in [0.2, 0.25) is 0 Å². The summed E-state index contributed by atoms with van der Waals surface area (Å²) in [5.74, 6) is 0.571. The minimum atomic E-state index is -0.0467. The average molecular weight is 422 g/mol. The van der Waals surface area contributed by atoms with E-state index in [9.17, 15) is 4.79 Å². The maximum absolute atomic E-state index is 12.2. The summed E-state index contributed by atoms with van der Waals surface area (Å²) in [6, 6.07) is 0.675. The molecule has 4 atom stereocenters. The zero-order valence-electron chi connectivity index (χ0n) is 13.9. The van der Waals surface area contributed by atoms with Crippen LogP contribution in [0.15, 0.2) is 0 Å². The van der Waals surface area contributed by atoms with Gasteiger partial charge in [-0.25, -0.2) is 0 Å². The number of nitrogens with zero attached hydrogens (tertiary/aromatic N) is 1. The van der Waals surface area contributed by atoms with E-state index in [0.29, 0.717) is 12.5 Å². The fourth-order valence-electron chi connectivity index (χ4n) is 4.77. The Morgan fingerprint density at radius 1 is 1.09 bits per heavy atom. The highest BCUT2D eigenvalue weighted by Gasteiger charge is 2.44. The standard InChI is InChI=1S/C17H31N2O2.HI/c1-19-11-5-3-9-16(19)14(7-6-12-19)13-21-17(20)15-8-2-4-10-18-15;/h14-16,18H,2-13H2,1H3;1H/q+1;/p-1. The lowest BCUT2D eigenvalue weighted by Crippen LogP contribution is -3.00. The number of carbonyl (C=O) groups is 1. The van der Waals surface area contributed by atoms with Crippen LogP contribution in [-0.4, -0.2) is 55.8 Å². The Labute approximate surface area is 151 Å². The summed E-state index contributed by atoms with van der Waals surface area (Å²) in [6.07, 6.45) is 9.85. The van der Waals surface area contributed by atoms with Crippen LogP contribution in [0.5, 0.6) is 0 Å². The van der Waals surface area contributed by atoms with Crippen molar-refractivity contribution in [3.8, 4) is 0 Å². The van der Waals surface area contributed by atoms with Crippen molar-refractivity contribution in [2.45, 2.75) is 63.5 Å². The molecule has 0 saturated carbocycles. The first-order valence-corrected chi connectivity index (χ1v) is 8.93. The molecule has 0 aliphatic carbocycles. The fraction of sp³-hybridized carbons (Fsp3) is 0.941. The molecule has 128 valence electrons. The van der Waals surface area contributed by atoms with Gasteiger partial charge in [-0.1, -0.05) is 6.42 Å². The summed E-state index contributed by atoms with van der Waals surface area (Å²) in [4.78, 5) is 12.2. The predicted molar refractivity (Wildman–Crippen MR) is 82.9 cm³/mol. The largest absolute Gasteiger partial charge is 1.00 e. The van der Waals surface area contributed by atoms with Crippen molar-refractivity contribution in [3.05, 3.63) is 0 Å². The normalized spacial score (nSPS) is 38.5. The van der Waals surface area contributed by atoms with Crippen LogP contribution in [-0.2, 0) is 9.53 Å². The number of carbonyl (C=O) groups excluding carboxylic acids is 1. The molecule has 3 fully saturated rings. The third-order valence-corrected chi connectivity index (χ3v) is 6.04. The monoisotopic (exact) mass is 422 g/mol. The maximum Gasteiger partial charge on any atom is 0.323 e. The number of ether oxygens (including phenoxy) is 1. The molecule has 4 nitrogen and oxygen atoms in total. The Kier molecular flexibility index (Phi) is 6.95. The van der Waals surface area contributed by atoms with E-state index in [4.69, 9.17) is 4.74 Å². The molecule has 0 aromatic carbocycles. The first-order chi connectivity index (χ1) is 10.2. The predicted octanol–water partition coefficient (Wildman–Crippen LogP) is -0.915. The first kappa shape index (κ1) is 18.5. The molecule has 3 saturated heterocycles. The second-order valence-electron chi connectivity index (χ2n) is 7.52. The van der Waals surface area contributed by atoms with E-state index in [2.05, 4.69) is 12.4 Å². The van der Waals surface area contributed by atoms with Crippen molar-refractivity contribution in [3.63, 3.8) is 0 Å². The number of nitrogens with one attached hydrogen (secondary N) is 1. The topological polar surface area (TPSA) is 38.3 Å². The van der Waals surface area contributed by atoms with Gasteiger partial charge in [-0.3, -0.25) is 4.79 Å². The molecule has 0 spiro atoms. The third-order valence-electron chi connectivity index (χ3n) is 6.04. The van der Waals surface area contributed by atoms with Gasteiger partial charge < -0.3 is 38.5 Å². The molecule has 0 aromatic rings. The van der Waals surface area contributed by atoms with E-state index in [0.717, 1.165) is 25.4 Å².